The van der Waals surface area contributed by atoms with Gasteiger partial charge in [0.15, 0.2) is 0 Å². The minimum Gasteiger partial charge on any atom is -0.465 e. The molecule has 4 heterocycles. The molecule has 1 atom stereocenters. The van der Waals surface area contributed by atoms with Crippen molar-refractivity contribution in [1.29, 1.82) is 0 Å². The number of rotatable bonds is 4. The van der Waals surface area contributed by atoms with Gasteiger partial charge >= 0.3 is 5.97 Å². The van der Waals surface area contributed by atoms with Gasteiger partial charge in [-0.25, -0.2) is 14.8 Å². The Morgan fingerprint density at radius 1 is 1.19 bits per heavy atom. The smallest absolute Gasteiger partial charge is 0.337 e. The van der Waals surface area contributed by atoms with Crippen LogP contribution in [0.3, 0.4) is 0 Å². The van der Waals surface area contributed by atoms with Gasteiger partial charge in [-0.1, -0.05) is 11.6 Å². The van der Waals surface area contributed by atoms with Crippen LogP contribution in [0.2, 0.25) is 5.15 Å². The third-order valence-corrected chi connectivity index (χ3v) is 6.28. The van der Waals surface area contributed by atoms with Crippen LogP contribution < -0.4 is 9.80 Å². The van der Waals surface area contributed by atoms with E-state index in [9.17, 15) is 4.79 Å². The van der Waals surface area contributed by atoms with Gasteiger partial charge in [0, 0.05) is 37.1 Å². The minimum atomic E-state index is -0.385. The number of anilines is 2. The first kappa shape index (κ1) is 20.9. The SMILES string of the molecule is COC(=O)c1cc(C2CCCN2c2ccnc(Cl)c2)c2nc(N3CCOCC3)cnc2c1. The first-order chi connectivity index (χ1) is 15.6. The third kappa shape index (κ3) is 3.96. The van der Waals surface area contributed by atoms with Crippen LogP contribution in [0.5, 0.6) is 0 Å². The monoisotopic (exact) mass is 453 g/mol. The lowest BCUT2D eigenvalue weighted by Crippen LogP contribution is -2.36. The summed E-state index contributed by atoms with van der Waals surface area (Å²) in [6, 6.07) is 7.52. The molecule has 2 fully saturated rings. The zero-order valence-corrected chi connectivity index (χ0v) is 18.6. The second kappa shape index (κ2) is 8.88. The number of hydrogen-bond donors (Lipinski definition) is 0. The molecule has 3 aromatic rings. The number of methoxy groups -OCH3 is 1. The molecule has 32 heavy (non-hydrogen) atoms. The molecule has 1 aromatic carbocycles. The Balaban J connectivity index is 1.63. The Bertz CT molecular complexity index is 1150. The maximum absolute atomic E-state index is 12.4. The summed E-state index contributed by atoms with van der Waals surface area (Å²) in [7, 11) is 1.39. The standard InChI is InChI=1S/C23H24ClN5O3/c1-31-23(30)15-11-17(19-3-2-6-29(19)16-4-5-25-20(24)13-16)22-18(12-15)26-14-21(27-22)28-7-9-32-10-8-28/h4-5,11-14,19H,2-3,6-10H2,1H3. The average molecular weight is 454 g/mol. The largest absolute Gasteiger partial charge is 0.465 e. The number of pyridine rings is 1. The predicted octanol–water partition coefficient (Wildman–Crippen LogP) is 3.64. The highest BCUT2D eigenvalue weighted by Gasteiger charge is 2.30. The number of nitrogens with zero attached hydrogens (tertiary/aromatic N) is 5. The van der Waals surface area contributed by atoms with E-state index < -0.39 is 0 Å². The molecule has 0 bridgehead atoms. The number of halogens is 1. The van der Waals surface area contributed by atoms with E-state index in [0.717, 1.165) is 55.1 Å². The van der Waals surface area contributed by atoms with Crippen molar-refractivity contribution in [3.8, 4) is 0 Å². The fraction of sp³-hybridized carbons (Fsp3) is 0.391. The molecule has 2 aliphatic rings. The normalized spacial score (nSPS) is 18.9. The van der Waals surface area contributed by atoms with Crippen molar-refractivity contribution >= 4 is 40.1 Å². The van der Waals surface area contributed by atoms with Crippen molar-refractivity contribution in [1.82, 2.24) is 15.0 Å². The lowest BCUT2D eigenvalue weighted by atomic mass is 9.99. The molecule has 0 radical (unpaired) electrons. The molecule has 166 valence electrons. The Morgan fingerprint density at radius 2 is 2.03 bits per heavy atom. The summed E-state index contributed by atoms with van der Waals surface area (Å²) >= 11 is 6.17. The molecule has 5 rings (SSSR count). The molecule has 2 aliphatic heterocycles. The molecule has 0 aliphatic carbocycles. The van der Waals surface area contributed by atoms with Crippen LogP contribution >= 0.6 is 11.6 Å². The van der Waals surface area contributed by atoms with Crippen LogP contribution in [0.1, 0.15) is 34.8 Å². The number of ether oxygens (including phenoxy) is 2. The van der Waals surface area contributed by atoms with E-state index in [4.69, 9.17) is 26.1 Å². The van der Waals surface area contributed by atoms with Crippen LogP contribution in [-0.4, -0.2) is 60.9 Å². The van der Waals surface area contributed by atoms with E-state index in [1.165, 1.54) is 7.11 Å². The first-order valence-electron chi connectivity index (χ1n) is 10.7. The minimum absolute atomic E-state index is 0.0369. The van der Waals surface area contributed by atoms with E-state index in [1.807, 2.05) is 18.2 Å². The van der Waals surface area contributed by atoms with Crippen molar-refractivity contribution in [3.63, 3.8) is 0 Å². The summed E-state index contributed by atoms with van der Waals surface area (Å²) in [5, 5.41) is 0.454. The maximum Gasteiger partial charge on any atom is 0.337 e. The molecule has 2 aromatic heterocycles. The average Bonchev–Trinajstić information content (AvgIpc) is 3.33. The first-order valence-corrected chi connectivity index (χ1v) is 11.1. The van der Waals surface area contributed by atoms with Gasteiger partial charge in [-0.15, -0.1) is 0 Å². The molecule has 9 heteroatoms. The lowest BCUT2D eigenvalue weighted by Gasteiger charge is -2.29. The quantitative estimate of drug-likeness (QED) is 0.437. The Labute approximate surface area is 191 Å². The van der Waals surface area contributed by atoms with Crippen molar-refractivity contribution < 1.29 is 14.3 Å². The van der Waals surface area contributed by atoms with Gasteiger partial charge < -0.3 is 19.3 Å². The van der Waals surface area contributed by atoms with E-state index in [2.05, 4.69) is 19.8 Å². The lowest BCUT2D eigenvalue weighted by molar-refractivity contribution is 0.0600. The summed E-state index contributed by atoms with van der Waals surface area (Å²) < 4.78 is 10.5. The zero-order chi connectivity index (χ0) is 22.1. The maximum atomic E-state index is 12.4. The van der Waals surface area contributed by atoms with Gasteiger partial charge in [0.2, 0.25) is 0 Å². The van der Waals surface area contributed by atoms with Crippen molar-refractivity contribution in [2.75, 3.05) is 49.8 Å². The Kier molecular flexibility index (Phi) is 5.80. The fourth-order valence-electron chi connectivity index (χ4n) is 4.54. The zero-order valence-electron chi connectivity index (χ0n) is 17.8. The van der Waals surface area contributed by atoms with E-state index in [0.29, 0.717) is 29.4 Å². The number of carbonyl (C=O) groups is 1. The van der Waals surface area contributed by atoms with Gasteiger partial charge in [-0.2, -0.15) is 0 Å². The number of aromatic nitrogens is 3. The third-order valence-electron chi connectivity index (χ3n) is 6.07. The molecular formula is C23H24ClN5O3. The van der Waals surface area contributed by atoms with Gasteiger partial charge in [0.25, 0.3) is 0 Å². The van der Waals surface area contributed by atoms with Crippen LogP contribution in [-0.2, 0) is 9.47 Å². The topological polar surface area (TPSA) is 80.7 Å². The summed E-state index contributed by atoms with van der Waals surface area (Å²) in [6.45, 7) is 3.79. The van der Waals surface area contributed by atoms with Crippen molar-refractivity contribution in [2.24, 2.45) is 0 Å². The molecule has 0 amide bonds. The molecular weight excluding hydrogens is 430 g/mol. The van der Waals surface area contributed by atoms with Gasteiger partial charge in [0.05, 0.1) is 49.2 Å². The number of esters is 1. The summed E-state index contributed by atoms with van der Waals surface area (Å²) in [6.07, 6.45) is 5.44. The summed E-state index contributed by atoms with van der Waals surface area (Å²) in [5.74, 6) is 0.438. The Hall–Kier alpha value is -2.97. The fourth-order valence-corrected chi connectivity index (χ4v) is 4.70. The molecule has 8 nitrogen and oxygen atoms in total. The molecule has 0 spiro atoms. The highest BCUT2D eigenvalue weighted by atomic mass is 35.5. The second-order valence-corrected chi connectivity index (χ2v) is 8.33. The number of benzene rings is 1. The highest BCUT2D eigenvalue weighted by molar-refractivity contribution is 6.29. The van der Waals surface area contributed by atoms with Crippen LogP contribution in [0.25, 0.3) is 11.0 Å². The van der Waals surface area contributed by atoms with E-state index in [1.54, 1.807) is 18.5 Å². The van der Waals surface area contributed by atoms with Crippen LogP contribution in [0, 0.1) is 0 Å². The van der Waals surface area contributed by atoms with E-state index in [-0.39, 0.29) is 12.0 Å². The summed E-state index contributed by atoms with van der Waals surface area (Å²) in [5.41, 5.74) is 3.93. The second-order valence-electron chi connectivity index (χ2n) is 7.94. The van der Waals surface area contributed by atoms with Gasteiger partial charge in [-0.05, 0) is 37.1 Å². The number of fused-ring (bicyclic) bond motifs is 1. The predicted molar refractivity (Wildman–Crippen MR) is 122 cm³/mol. The Morgan fingerprint density at radius 3 is 2.81 bits per heavy atom. The number of hydrogen-bond acceptors (Lipinski definition) is 8. The van der Waals surface area contributed by atoms with Gasteiger partial charge in [0.1, 0.15) is 11.0 Å². The number of morpholine rings is 1. The molecule has 1 unspecified atom stereocenters. The summed E-state index contributed by atoms with van der Waals surface area (Å²) in [4.78, 5) is 30.7. The van der Waals surface area contributed by atoms with Crippen LogP contribution in [0.4, 0.5) is 11.5 Å². The highest BCUT2D eigenvalue weighted by Crippen LogP contribution is 2.39. The molecule has 2 saturated heterocycles. The molecule has 0 saturated carbocycles. The number of carbonyl (C=O) groups excluding carboxylic acids is 1. The van der Waals surface area contributed by atoms with Crippen molar-refractivity contribution in [2.45, 2.75) is 18.9 Å². The van der Waals surface area contributed by atoms with Gasteiger partial charge in [-0.3, -0.25) is 4.98 Å². The van der Waals surface area contributed by atoms with Crippen LogP contribution in [0.15, 0.2) is 36.7 Å². The van der Waals surface area contributed by atoms with E-state index >= 15 is 0 Å². The molecule has 0 N–H and O–H groups in total. The van der Waals surface area contributed by atoms with Crippen molar-refractivity contribution in [3.05, 3.63) is 52.9 Å².